The predicted molar refractivity (Wildman–Crippen MR) is 155 cm³/mol. The molecule has 1 heterocycles. The molecule has 4 aromatic rings. The molecule has 4 aromatic carbocycles. The molecule has 1 unspecified atom stereocenters. The van der Waals surface area contributed by atoms with E-state index in [1.165, 1.54) is 14.2 Å². The van der Waals surface area contributed by atoms with Crippen LogP contribution in [0.25, 0.3) is 0 Å². The lowest BCUT2D eigenvalue weighted by Gasteiger charge is -2.39. The number of fused-ring (bicyclic) bond motifs is 1. The van der Waals surface area contributed by atoms with Crippen molar-refractivity contribution in [1.29, 1.82) is 0 Å². The Morgan fingerprint density at radius 3 is 2.00 bits per heavy atom. The number of carbonyl (C=O) groups excluding carboxylic acids is 1. The lowest BCUT2D eigenvalue weighted by atomic mass is 9.87. The summed E-state index contributed by atoms with van der Waals surface area (Å²) in [6.07, 6.45) is -4.75. The van der Waals surface area contributed by atoms with E-state index in [-0.39, 0.29) is 26.0 Å². The van der Waals surface area contributed by atoms with Gasteiger partial charge in [-0.1, -0.05) is 72.8 Å². The van der Waals surface area contributed by atoms with Crippen molar-refractivity contribution < 1.29 is 36.9 Å². The number of hydrogen-bond donors (Lipinski definition) is 0. The van der Waals surface area contributed by atoms with Gasteiger partial charge in [0.2, 0.25) is 5.75 Å². The Balaban J connectivity index is 1.51. The van der Waals surface area contributed by atoms with Crippen molar-refractivity contribution in [3.63, 3.8) is 0 Å². The molecule has 0 saturated carbocycles. The first-order valence-electron chi connectivity index (χ1n) is 13.9. The summed E-state index contributed by atoms with van der Waals surface area (Å²) in [6.45, 7) is 0.411. The van der Waals surface area contributed by atoms with E-state index in [1.807, 2.05) is 66.7 Å². The summed E-state index contributed by atoms with van der Waals surface area (Å²) in [5.41, 5.74) is 3.79. The van der Waals surface area contributed by atoms with E-state index in [4.69, 9.17) is 18.9 Å². The van der Waals surface area contributed by atoms with Crippen LogP contribution >= 0.6 is 0 Å². The quantitative estimate of drug-likeness (QED) is 0.197. The lowest BCUT2D eigenvalue weighted by Crippen LogP contribution is -2.47. The molecule has 0 aromatic heterocycles. The highest BCUT2D eigenvalue weighted by molar-refractivity contribution is 5.83. The molecule has 43 heavy (non-hydrogen) atoms. The number of benzene rings is 4. The van der Waals surface area contributed by atoms with E-state index in [9.17, 15) is 18.0 Å². The zero-order valence-corrected chi connectivity index (χ0v) is 23.9. The topological polar surface area (TPSA) is 57.2 Å². The third-order valence-corrected chi connectivity index (χ3v) is 7.40. The van der Waals surface area contributed by atoms with E-state index < -0.39 is 18.1 Å². The van der Waals surface area contributed by atoms with E-state index >= 15 is 0 Å². The summed E-state index contributed by atoms with van der Waals surface area (Å²) < 4.78 is 64.9. The van der Waals surface area contributed by atoms with Crippen LogP contribution < -0.4 is 18.9 Å². The number of methoxy groups -OCH3 is 2. The van der Waals surface area contributed by atoms with Crippen LogP contribution in [0.1, 0.15) is 33.9 Å². The zero-order valence-electron chi connectivity index (χ0n) is 23.9. The summed E-state index contributed by atoms with van der Waals surface area (Å²) >= 11 is 0. The van der Waals surface area contributed by atoms with Crippen molar-refractivity contribution in [2.24, 2.45) is 0 Å². The molecule has 9 heteroatoms. The summed E-state index contributed by atoms with van der Waals surface area (Å²) in [5, 5.41) is 0. The second kappa shape index (κ2) is 13.1. The molecule has 0 bridgehead atoms. The van der Waals surface area contributed by atoms with Crippen LogP contribution in [0, 0.1) is 0 Å². The highest BCUT2D eigenvalue weighted by Crippen LogP contribution is 2.48. The van der Waals surface area contributed by atoms with Gasteiger partial charge in [-0.05, 0) is 53.3 Å². The maximum atomic E-state index is 13.8. The van der Waals surface area contributed by atoms with Crippen molar-refractivity contribution in [2.75, 3.05) is 20.8 Å². The van der Waals surface area contributed by atoms with Crippen molar-refractivity contribution in [1.82, 2.24) is 4.90 Å². The minimum absolute atomic E-state index is 0.116. The van der Waals surface area contributed by atoms with Crippen molar-refractivity contribution in [2.45, 2.75) is 38.3 Å². The van der Waals surface area contributed by atoms with Gasteiger partial charge in [0.15, 0.2) is 11.5 Å². The number of alkyl halides is 3. The van der Waals surface area contributed by atoms with Gasteiger partial charge in [0.1, 0.15) is 19.0 Å². The molecule has 1 aliphatic heterocycles. The van der Waals surface area contributed by atoms with Crippen LogP contribution in [0.5, 0.6) is 23.0 Å². The molecule has 6 nitrogen and oxygen atoms in total. The molecule has 0 spiro atoms. The SMILES string of the molecule is COc1c(OCc2ccccc2)cc2c(c1OC)CCN(C(=O)C(F)(F)F)C2Cc1cccc(OCc2ccccc2)c1. The highest BCUT2D eigenvalue weighted by Gasteiger charge is 2.47. The number of carbonyl (C=O) groups is 1. The molecule has 0 N–H and O–H groups in total. The standard InChI is InChI=1S/C34H32F3NO5/c1-40-31-27-16-17-38(33(39)34(35,36)37)29(19-25-14-9-15-26(18-25)42-21-23-10-5-3-6-11-23)28(27)20-30(32(31)41-2)43-22-24-12-7-4-8-13-24/h3-15,18,20,29H,16-17,19,21-22H2,1-2H3. The van der Waals surface area contributed by atoms with Crippen molar-refractivity contribution in [3.8, 4) is 23.0 Å². The molecule has 1 aliphatic rings. The summed E-state index contributed by atoms with van der Waals surface area (Å²) in [5.74, 6) is -0.269. The van der Waals surface area contributed by atoms with Gasteiger partial charge in [-0.25, -0.2) is 0 Å². The number of ether oxygens (including phenoxy) is 4. The molecule has 0 saturated heterocycles. The normalized spacial score (nSPS) is 14.5. The van der Waals surface area contributed by atoms with Gasteiger partial charge in [-0.2, -0.15) is 13.2 Å². The minimum Gasteiger partial charge on any atom is -0.492 e. The maximum Gasteiger partial charge on any atom is 0.471 e. The van der Waals surface area contributed by atoms with E-state index in [2.05, 4.69) is 0 Å². The van der Waals surface area contributed by atoms with Gasteiger partial charge in [0.05, 0.1) is 20.3 Å². The predicted octanol–water partition coefficient (Wildman–Crippen LogP) is 7.09. The third-order valence-electron chi connectivity index (χ3n) is 7.40. The van der Waals surface area contributed by atoms with Crippen molar-refractivity contribution in [3.05, 3.63) is 119 Å². The monoisotopic (exact) mass is 591 g/mol. The fourth-order valence-electron chi connectivity index (χ4n) is 5.39. The number of amides is 1. The molecule has 0 aliphatic carbocycles. The van der Waals surface area contributed by atoms with Crippen LogP contribution in [0.3, 0.4) is 0 Å². The average molecular weight is 592 g/mol. The van der Waals surface area contributed by atoms with Gasteiger partial charge >= 0.3 is 12.1 Å². The first-order chi connectivity index (χ1) is 20.8. The molecule has 1 atom stereocenters. The second-order valence-corrected chi connectivity index (χ2v) is 10.2. The first kappa shape index (κ1) is 29.8. The zero-order chi connectivity index (χ0) is 30.4. The summed E-state index contributed by atoms with van der Waals surface area (Å²) in [4.78, 5) is 13.6. The Hall–Kier alpha value is -4.66. The fourth-order valence-corrected chi connectivity index (χ4v) is 5.39. The molecule has 5 rings (SSSR count). The molecule has 0 radical (unpaired) electrons. The summed E-state index contributed by atoms with van der Waals surface area (Å²) in [6, 6.07) is 27.1. The Kier molecular flexibility index (Phi) is 9.09. The van der Waals surface area contributed by atoms with Gasteiger partial charge in [0.25, 0.3) is 0 Å². The van der Waals surface area contributed by atoms with Gasteiger partial charge in [-0.15, -0.1) is 0 Å². The van der Waals surface area contributed by atoms with Gasteiger partial charge in [0, 0.05) is 12.1 Å². The smallest absolute Gasteiger partial charge is 0.471 e. The van der Waals surface area contributed by atoms with Gasteiger partial charge < -0.3 is 23.8 Å². The van der Waals surface area contributed by atoms with Crippen LogP contribution in [0.15, 0.2) is 91.0 Å². The molecule has 0 fully saturated rings. The largest absolute Gasteiger partial charge is 0.492 e. The molecular formula is C34H32F3NO5. The Labute approximate surface area is 248 Å². The number of hydrogen-bond acceptors (Lipinski definition) is 5. The van der Waals surface area contributed by atoms with Crippen molar-refractivity contribution >= 4 is 5.91 Å². The Morgan fingerprint density at radius 2 is 1.40 bits per heavy atom. The first-order valence-corrected chi connectivity index (χ1v) is 13.9. The van der Waals surface area contributed by atoms with Crippen LogP contribution in [-0.2, 0) is 30.8 Å². The molecular weight excluding hydrogens is 559 g/mol. The maximum absolute atomic E-state index is 13.8. The second-order valence-electron chi connectivity index (χ2n) is 10.2. The van der Waals surface area contributed by atoms with Crippen LogP contribution in [0.4, 0.5) is 13.2 Å². The lowest BCUT2D eigenvalue weighted by molar-refractivity contribution is -0.188. The van der Waals surface area contributed by atoms with Crippen LogP contribution in [0.2, 0.25) is 0 Å². The molecule has 224 valence electrons. The fraction of sp³-hybridized carbons (Fsp3) is 0.265. The Bertz CT molecular complexity index is 1540. The van der Waals surface area contributed by atoms with E-state index in [0.29, 0.717) is 46.3 Å². The van der Waals surface area contributed by atoms with Crippen LogP contribution in [-0.4, -0.2) is 37.7 Å². The van der Waals surface area contributed by atoms with E-state index in [1.54, 1.807) is 24.3 Å². The summed E-state index contributed by atoms with van der Waals surface area (Å²) in [7, 11) is 2.97. The van der Waals surface area contributed by atoms with Gasteiger partial charge in [-0.3, -0.25) is 4.79 Å². The number of nitrogens with zero attached hydrogens (tertiary/aromatic N) is 1. The Morgan fingerprint density at radius 1 is 0.791 bits per heavy atom. The average Bonchev–Trinajstić information content (AvgIpc) is 3.02. The molecule has 1 amide bonds. The minimum atomic E-state index is -5.03. The van der Waals surface area contributed by atoms with E-state index in [0.717, 1.165) is 16.0 Å². The third kappa shape index (κ3) is 6.88. The number of halogens is 3. The highest BCUT2D eigenvalue weighted by atomic mass is 19.4. The number of rotatable bonds is 10.